The minimum Gasteiger partial charge on any atom is -0.313 e. The van der Waals surface area contributed by atoms with Crippen LogP contribution in [0.4, 0.5) is 0 Å². The smallest absolute Gasteiger partial charge is 0.0521 e. The van der Waals surface area contributed by atoms with Crippen molar-refractivity contribution >= 4 is 11.8 Å². The Bertz CT molecular complexity index is 495. The van der Waals surface area contributed by atoms with Crippen molar-refractivity contribution in [3.8, 4) is 0 Å². The van der Waals surface area contributed by atoms with Gasteiger partial charge in [0, 0.05) is 29.9 Å². The molecule has 2 aromatic rings. The van der Waals surface area contributed by atoms with Crippen molar-refractivity contribution in [2.75, 3.05) is 12.3 Å². The van der Waals surface area contributed by atoms with Crippen LogP contribution in [-0.2, 0) is 13.5 Å². The third kappa shape index (κ3) is 5.02. The van der Waals surface area contributed by atoms with Gasteiger partial charge in [-0.05, 0) is 37.1 Å². The lowest BCUT2D eigenvalue weighted by atomic mass is 10.1. The normalized spacial score (nSPS) is 12.5. The number of benzene rings is 1. The fourth-order valence-electron chi connectivity index (χ4n) is 2.19. The third-order valence-corrected chi connectivity index (χ3v) is 4.40. The van der Waals surface area contributed by atoms with Crippen LogP contribution in [0.3, 0.4) is 0 Å². The van der Waals surface area contributed by atoms with Gasteiger partial charge in [0.1, 0.15) is 0 Å². The SMILES string of the molecule is CCNC(CCc1cnn(C)c1)CSc1ccccc1. The van der Waals surface area contributed by atoms with Gasteiger partial charge in [0.05, 0.1) is 6.20 Å². The molecule has 3 nitrogen and oxygen atoms in total. The fraction of sp³-hybridized carbons (Fsp3) is 0.438. The Labute approximate surface area is 125 Å². The van der Waals surface area contributed by atoms with Crippen LogP contribution < -0.4 is 5.32 Å². The van der Waals surface area contributed by atoms with E-state index in [9.17, 15) is 0 Å². The van der Waals surface area contributed by atoms with E-state index in [4.69, 9.17) is 0 Å². The van der Waals surface area contributed by atoms with Gasteiger partial charge < -0.3 is 5.32 Å². The molecule has 0 aliphatic rings. The van der Waals surface area contributed by atoms with Gasteiger partial charge in [-0.15, -0.1) is 11.8 Å². The Balaban J connectivity index is 1.80. The molecular formula is C16H23N3S. The molecule has 0 spiro atoms. The second-order valence-electron chi connectivity index (χ2n) is 4.94. The summed E-state index contributed by atoms with van der Waals surface area (Å²) in [6.07, 6.45) is 6.31. The lowest BCUT2D eigenvalue weighted by Crippen LogP contribution is -2.31. The molecule has 2 rings (SSSR count). The van der Waals surface area contributed by atoms with E-state index in [-0.39, 0.29) is 0 Å². The number of nitrogens with zero attached hydrogens (tertiary/aromatic N) is 2. The molecule has 108 valence electrons. The van der Waals surface area contributed by atoms with Crippen LogP contribution in [0, 0.1) is 0 Å². The van der Waals surface area contributed by atoms with Crippen LogP contribution in [0.2, 0.25) is 0 Å². The average Bonchev–Trinajstić information content (AvgIpc) is 2.89. The molecule has 0 amide bonds. The van der Waals surface area contributed by atoms with Gasteiger partial charge in [-0.25, -0.2) is 0 Å². The van der Waals surface area contributed by atoms with Gasteiger partial charge in [-0.3, -0.25) is 4.68 Å². The van der Waals surface area contributed by atoms with E-state index in [1.807, 2.05) is 29.7 Å². The van der Waals surface area contributed by atoms with Gasteiger partial charge in [-0.2, -0.15) is 5.10 Å². The van der Waals surface area contributed by atoms with Gasteiger partial charge in [0.2, 0.25) is 0 Å². The Kier molecular flexibility index (Phi) is 6.15. The molecule has 4 heteroatoms. The van der Waals surface area contributed by atoms with E-state index < -0.39 is 0 Å². The first-order chi connectivity index (χ1) is 9.78. The molecule has 0 radical (unpaired) electrons. The second-order valence-corrected chi connectivity index (χ2v) is 6.03. The van der Waals surface area contributed by atoms with Crippen LogP contribution in [0.25, 0.3) is 0 Å². The fourth-order valence-corrected chi connectivity index (χ4v) is 3.22. The van der Waals surface area contributed by atoms with Crippen molar-refractivity contribution in [1.82, 2.24) is 15.1 Å². The number of hydrogen-bond acceptors (Lipinski definition) is 3. The maximum atomic E-state index is 4.23. The standard InChI is InChI=1S/C16H23N3S/c1-3-17-15(10-9-14-11-18-19(2)12-14)13-20-16-7-5-4-6-8-16/h4-8,11-12,15,17H,3,9-10,13H2,1-2H3. The highest BCUT2D eigenvalue weighted by molar-refractivity contribution is 7.99. The highest BCUT2D eigenvalue weighted by Gasteiger charge is 2.09. The highest BCUT2D eigenvalue weighted by atomic mass is 32.2. The molecule has 0 bridgehead atoms. The monoisotopic (exact) mass is 289 g/mol. The van der Waals surface area contributed by atoms with Crippen molar-refractivity contribution in [2.45, 2.75) is 30.7 Å². The number of aromatic nitrogens is 2. The van der Waals surface area contributed by atoms with Gasteiger partial charge >= 0.3 is 0 Å². The molecule has 1 atom stereocenters. The zero-order valence-corrected chi connectivity index (χ0v) is 13.1. The van der Waals surface area contributed by atoms with Crippen molar-refractivity contribution in [1.29, 1.82) is 0 Å². The van der Waals surface area contributed by atoms with Crippen LogP contribution in [0.5, 0.6) is 0 Å². The molecule has 0 saturated heterocycles. The summed E-state index contributed by atoms with van der Waals surface area (Å²) in [4.78, 5) is 1.34. The zero-order chi connectivity index (χ0) is 14.2. The predicted octanol–water partition coefficient (Wildman–Crippen LogP) is 3.12. The quantitative estimate of drug-likeness (QED) is 0.757. The summed E-state index contributed by atoms with van der Waals surface area (Å²) in [7, 11) is 1.97. The second kappa shape index (κ2) is 8.12. The molecule has 1 N–H and O–H groups in total. The van der Waals surface area contributed by atoms with Crippen LogP contribution in [-0.4, -0.2) is 28.1 Å². The van der Waals surface area contributed by atoms with Crippen LogP contribution in [0.15, 0.2) is 47.6 Å². The maximum Gasteiger partial charge on any atom is 0.0521 e. The van der Waals surface area contributed by atoms with Crippen molar-refractivity contribution < 1.29 is 0 Å². The lowest BCUT2D eigenvalue weighted by Gasteiger charge is -2.17. The molecule has 1 aromatic heterocycles. The van der Waals surface area contributed by atoms with Crippen molar-refractivity contribution in [2.24, 2.45) is 7.05 Å². The molecule has 0 aliphatic heterocycles. The number of nitrogens with one attached hydrogen (secondary N) is 1. The van der Waals surface area contributed by atoms with E-state index in [0.717, 1.165) is 25.1 Å². The Morgan fingerprint density at radius 3 is 2.75 bits per heavy atom. The minimum absolute atomic E-state index is 0.547. The molecule has 0 aliphatic carbocycles. The highest BCUT2D eigenvalue weighted by Crippen LogP contribution is 2.19. The number of hydrogen-bond donors (Lipinski definition) is 1. The first-order valence-corrected chi connectivity index (χ1v) is 8.15. The average molecular weight is 289 g/mol. The Morgan fingerprint density at radius 1 is 1.30 bits per heavy atom. The van der Waals surface area contributed by atoms with E-state index in [1.165, 1.54) is 10.5 Å². The summed E-state index contributed by atoms with van der Waals surface area (Å²) < 4.78 is 1.87. The molecule has 1 heterocycles. The molecule has 0 fully saturated rings. The number of aryl methyl sites for hydroxylation is 2. The van der Waals surface area contributed by atoms with Gasteiger partial charge in [0.15, 0.2) is 0 Å². The summed E-state index contributed by atoms with van der Waals surface area (Å²) in [6, 6.07) is 11.2. The third-order valence-electron chi connectivity index (χ3n) is 3.23. The molecular weight excluding hydrogens is 266 g/mol. The van der Waals surface area contributed by atoms with E-state index >= 15 is 0 Å². The maximum absolute atomic E-state index is 4.23. The van der Waals surface area contributed by atoms with Crippen LogP contribution in [0.1, 0.15) is 18.9 Å². The summed E-state index contributed by atoms with van der Waals surface area (Å²) in [5.41, 5.74) is 1.32. The molecule has 1 aromatic carbocycles. The van der Waals surface area contributed by atoms with Crippen molar-refractivity contribution in [3.63, 3.8) is 0 Å². The first kappa shape index (κ1) is 15.1. The number of rotatable bonds is 8. The zero-order valence-electron chi connectivity index (χ0n) is 12.2. The van der Waals surface area contributed by atoms with E-state index in [1.54, 1.807) is 0 Å². The lowest BCUT2D eigenvalue weighted by molar-refractivity contribution is 0.537. The van der Waals surface area contributed by atoms with E-state index in [2.05, 4.69) is 53.9 Å². The summed E-state index contributed by atoms with van der Waals surface area (Å²) in [6.45, 7) is 3.19. The van der Waals surface area contributed by atoms with E-state index in [0.29, 0.717) is 6.04 Å². The number of thioether (sulfide) groups is 1. The summed E-state index contributed by atoms with van der Waals surface area (Å²) >= 11 is 1.93. The summed E-state index contributed by atoms with van der Waals surface area (Å²) in [5, 5.41) is 7.81. The summed E-state index contributed by atoms with van der Waals surface area (Å²) in [5.74, 6) is 1.11. The topological polar surface area (TPSA) is 29.9 Å². The van der Waals surface area contributed by atoms with Gasteiger partial charge in [-0.1, -0.05) is 25.1 Å². The van der Waals surface area contributed by atoms with Gasteiger partial charge in [0.25, 0.3) is 0 Å². The molecule has 0 saturated carbocycles. The Morgan fingerprint density at radius 2 is 2.10 bits per heavy atom. The Hall–Kier alpha value is -1.26. The minimum atomic E-state index is 0.547. The molecule has 20 heavy (non-hydrogen) atoms. The predicted molar refractivity (Wildman–Crippen MR) is 86.2 cm³/mol. The molecule has 1 unspecified atom stereocenters. The first-order valence-electron chi connectivity index (χ1n) is 7.16. The largest absolute Gasteiger partial charge is 0.313 e. The van der Waals surface area contributed by atoms with Crippen LogP contribution >= 0.6 is 11.8 Å². The van der Waals surface area contributed by atoms with Crippen molar-refractivity contribution in [3.05, 3.63) is 48.3 Å².